The highest BCUT2D eigenvalue weighted by Gasteiger charge is 2.15. The van der Waals surface area contributed by atoms with E-state index >= 15 is 0 Å². The molecule has 0 bridgehead atoms. The Morgan fingerprint density at radius 2 is 1.76 bits per heavy atom. The second kappa shape index (κ2) is 6.18. The van der Waals surface area contributed by atoms with Gasteiger partial charge in [0.1, 0.15) is 0 Å². The van der Waals surface area contributed by atoms with Crippen LogP contribution in [0.15, 0.2) is 66.3 Å². The molecule has 0 heterocycles. The highest BCUT2D eigenvalue weighted by atomic mass is 127. The number of hydrogen-bond acceptors (Lipinski definition) is 0. The maximum atomic E-state index is 2.41. The van der Waals surface area contributed by atoms with Crippen molar-refractivity contribution in [1.82, 2.24) is 0 Å². The molecule has 3 rings (SSSR count). The number of halogens is 1. The molecule has 0 fully saturated rings. The van der Waals surface area contributed by atoms with E-state index in [-0.39, 0.29) is 0 Å². The third-order valence-corrected chi connectivity index (χ3v) is 4.73. The predicted molar refractivity (Wildman–Crippen MR) is 99.6 cm³/mol. The second-order valence-corrected chi connectivity index (χ2v) is 6.99. The van der Waals surface area contributed by atoms with Gasteiger partial charge < -0.3 is 0 Å². The Kier molecular flexibility index (Phi) is 4.29. The van der Waals surface area contributed by atoms with Crippen LogP contribution in [0.3, 0.4) is 0 Å². The van der Waals surface area contributed by atoms with Gasteiger partial charge in [-0.2, -0.15) is 0 Å². The Bertz CT molecular complexity index is 705. The van der Waals surface area contributed by atoms with E-state index in [1.54, 1.807) is 0 Å². The lowest BCUT2D eigenvalue weighted by Gasteiger charge is -2.20. The van der Waals surface area contributed by atoms with Crippen LogP contribution in [0, 0.1) is 10.5 Å². The van der Waals surface area contributed by atoms with Gasteiger partial charge in [-0.1, -0.05) is 59.7 Å². The van der Waals surface area contributed by atoms with Crippen LogP contribution < -0.4 is 0 Å². The Morgan fingerprint density at radius 1 is 1.00 bits per heavy atom. The molecule has 0 spiro atoms. The summed E-state index contributed by atoms with van der Waals surface area (Å²) in [6.45, 7) is 4.30. The number of allylic oxidation sites excluding steroid dienone is 4. The molecule has 0 amide bonds. The molecule has 21 heavy (non-hydrogen) atoms. The van der Waals surface area contributed by atoms with Gasteiger partial charge in [0.05, 0.1) is 0 Å². The maximum absolute atomic E-state index is 2.41. The molecule has 0 N–H and O–H groups in total. The summed E-state index contributed by atoms with van der Waals surface area (Å²) in [4.78, 5) is 0. The van der Waals surface area contributed by atoms with E-state index in [2.05, 4.69) is 97.1 Å². The van der Waals surface area contributed by atoms with Gasteiger partial charge in [-0.15, -0.1) is 0 Å². The van der Waals surface area contributed by atoms with E-state index in [9.17, 15) is 0 Å². The van der Waals surface area contributed by atoms with E-state index in [1.165, 1.54) is 31.4 Å². The summed E-state index contributed by atoms with van der Waals surface area (Å²) < 4.78 is 1.30. The summed E-state index contributed by atoms with van der Waals surface area (Å²) in [6.07, 6.45) is 8.02. The second-order valence-electron chi connectivity index (χ2n) is 5.75. The van der Waals surface area contributed by atoms with Crippen molar-refractivity contribution in [3.8, 4) is 11.1 Å². The molecule has 1 unspecified atom stereocenters. The molecule has 2 aromatic carbocycles. The SMILES string of the molecule is CC1=CCC(c2cc(I)ccc2-c2ccc(C)cc2)C=C1. The van der Waals surface area contributed by atoms with E-state index in [0.29, 0.717) is 5.92 Å². The summed E-state index contributed by atoms with van der Waals surface area (Å²) in [5.41, 5.74) is 6.78. The van der Waals surface area contributed by atoms with Crippen LogP contribution in [0.5, 0.6) is 0 Å². The lowest BCUT2D eigenvalue weighted by molar-refractivity contribution is 0.846. The van der Waals surface area contributed by atoms with Crippen LogP contribution >= 0.6 is 22.6 Å². The van der Waals surface area contributed by atoms with Crippen LogP contribution in [0.1, 0.15) is 30.4 Å². The third kappa shape index (κ3) is 3.29. The number of benzene rings is 2. The average Bonchev–Trinajstić information content (AvgIpc) is 2.49. The van der Waals surface area contributed by atoms with Crippen LogP contribution in [0.25, 0.3) is 11.1 Å². The van der Waals surface area contributed by atoms with Gasteiger partial charge >= 0.3 is 0 Å². The average molecular weight is 386 g/mol. The van der Waals surface area contributed by atoms with Crippen LogP contribution in [-0.2, 0) is 0 Å². The van der Waals surface area contributed by atoms with Crippen molar-refractivity contribution < 1.29 is 0 Å². The van der Waals surface area contributed by atoms with E-state index in [1.807, 2.05) is 0 Å². The first-order valence-electron chi connectivity index (χ1n) is 7.35. The molecule has 106 valence electrons. The number of aryl methyl sites for hydroxylation is 1. The smallest absolute Gasteiger partial charge is 0.0133 e. The fourth-order valence-corrected chi connectivity index (χ4v) is 3.31. The van der Waals surface area contributed by atoms with Gasteiger partial charge in [-0.3, -0.25) is 0 Å². The van der Waals surface area contributed by atoms with Crippen molar-refractivity contribution in [3.05, 3.63) is 81.0 Å². The maximum Gasteiger partial charge on any atom is 0.0133 e. The Balaban J connectivity index is 2.05. The molecule has 0 saturated heterocycles. The van der Waals surface area contributed by atoms with Crippen molar-refractivity contribution in [3.63, 3.8) is 0 Å². The first-order valence-corrected chi connectivity index (χ1v) is 8.43. The van der Waals surface area contributed by atoms with Crippen molar-refractivity contribution >= 4 is 22.6 Å². The quantitative estimate of drug-likeness (QED) is 0.535. The normalized spacial score (nSPS) is 17.7. The van der Waals surface area contributed by atoms with Crippen molar-refractivity contribution in [1.29, 1.82) is 0 Å². The fourth-order valence-electron chi connectivity index (χ4n) is 2.79. The number of rotatable bonds is 2. The van der Waals surface area contributed by atoms with Crippen molar-refractivity contribution in [2.45, 2.75) is 26.2 Å². The summed E-state index contributed by atoms with van der Waals surface area (Å²) in [5, 5.41) is 0. The molecule has 1 atom stereocenters. The van der Waals surface area contributed by atoms with Crippen molar-refractivity contribution in [2.75, 3.05) is 0 Å². The van der Waals surface area contributed by atoms with E-state index in [4.69, 9.17) is 0 Å². The summed E-state index contributed by atoms with van der Waals surface area (Å²) in [6, 6.07) is 15.6. The molecule has 0 saturated carbocycles. The summed E-state index contributed by atoms with van der Waals surface area (Å²) in [5.74, 6) is 0.486. The number of hydrogen-bond donors (Lipinski definition) is 0. The minimum atomic E-state index is 0.486. The van der Waals surface area contributed by atoms with Crippen LogP contribution in [0.2, 0.25) is 0 Å². The van der Waals surface area contributed by atoms with Gasteiger partial charge in [0.15, 0.2) is 0 Å². The molecule has 0 nitrogen and oxygen atoms in total. The van der Waals surface area contributed by atoms with Gasteiger partial charge in [0, 0.05) is 9.49 Å². The van der Waals surface area contributed by atoms with E-state index in [0.717, 1.165) is 6.42 Å². The minimum absolute atomic E-state index is 0.486. The lowest BCUT2D eigenvalue weighted by Crippen LogP contribution is -2.01. The standard InChI is InChI=1S/C20H19I/c1-14-3-7-16(8-4-14)19-12-11-18(21)13-20(19)17-9-5-15(2)6-10-17/h3-9,11-13,17H,10H2,1-2H3. The minimum Gasteiger partial charge on any atom is -0.0807 e. The van der Waals surface area contributed by atoms with Crippen LogP contribution in [0.4, 0.5) is 0 Å². The monoisotopic (exact) mass is 386 g/mol. The molecule has 0 aliphatic heterocycles. The van der Waals surface area contributed by atoms with Gasteiger partial charge in [0.2, 0.25) is 0 Å². The highest BCUT2D eigenvalue weighted by Crippen LogP contribution is 2.35. The molecule has 1 heteroatoms. The zero-order chi connectivity index (χ0) is 14.8. The lowest BCUT2D eigenvalue weighted by atomic mass is 9.85. The van der Waals surface area contributed by atoms with Crippen molar-refractivity contribution in [2.24, 2.45) is 0 Å². The van der Waals surface area contributed by atoms with Gasteiger partial charge in [0.25, 0.3) is 0 Å². The zero-order valence-electron chi connectivity index (χ0n) is 12.4. The molecular formula is C20H19I. The molecule has 0 radical (unpaired) electrons. The van der Waals surface area contributed by atoms with Crippen LogP contribution in [-0.4, -0.2) is 0 Å². The first-order chi connectivity index (χ1) is 10.1. The summed E-state index contributed by atoms with van der Waals surface area (Å²) in [7, 11) is 0. The molecule has 1 aliphatic carbocycles. The molecular weight excluding hydrogens is 367 g/mol. The molecule has 0 aromatic heterocycles. The zero-order valence-corrected chi connectivity index (χ0v) is 14.6. The van der Waals surface area contributed by atoms with Gasteiger partial charge in [-0.05, 0) is 71.7 Å². The summed E-state index contributed by atoms with van der Waals surface area (Å²) >= 11 is 2.41. The fraction of sp³-hybridized carbons (Fsp3) is 0.200. The molecule has 1 aliphatic rings. The largest absolute Gasteiger partial charge is 0.0807 e. The Labute approximate surface area is 140 Å². The predicted octanol–water partition coefficient (Wildman–Crippen LogP) is 6.26. The van der Waals surface area contributed by atoms with Gasteiger partial charge in [-0.25, -0.2) is 0 Å². The highest BCUT2D eigenvalue weighted by molar-refractivity contribution is 14.1. The Morgan fingerprint density at radius 3 is 2.43 bits per heavy atom. The molecule has 2 aromatic rings. The van der Waals surface area contributed by atoms with E-state index < -0.39 is 0 Å². The Hall–Kier alpha value is -1.35. The first kappa shape index (κ1) is 14.6. The third-order valence-electron chi connectivity index (χ3n) is 4.06. The topological polar surface area (TPSA) is 0 Å².